The first-order valence-corrected chi connectivity index (χ1v) is 7.30. The van der Waals surface area contributed by atoms with Crippen LogP contribution in [0.2, 0.25) is 0 Å². The summed E-state index contributed by atoms with van der Waals surface area (Å²) in [6.45, 7) is 5.09. The molecule has 0 bridgehead atoms. The van der Waals surface area contributed by atoms with Crippen molar-refractivity contribution in [1.82, 2.24) is 4.98 Å². The Bertz CT molecular complexity index is 539. The van der Waals surface area contributed by atoms with Gasteiger partial charge in [0.15, 0.2) is 23.7 Å². The number of hydrogen-bond donors (Lipinski definition) is 0. The minimum absolute atomic E-state index is 0.589. The SMILES string of the molecule is CCOc1ccc(-c2ocnc2CBr)cc1OCC. The summed E-state index contributed by atoms with van der Waals surface area (Å²) in [5, 5.41) is 0.649. The van der Waals surface area contributed by atoms with E-state index in [0.717, 1.165) is 28.5 Å². The summed E-state index contributed by atoms with van der Waals surface area (Å²) in [6.07, 6.45) is 1.45. The lowest BCUT2D eigenvalue weighted by atomic mass is 10.1. The molecule has 0 fully saturated rings. The molecule has 0 amide bonds. The Morgan fingerprint density at radius 3 is 2.58 bits per heavy atom. The van der Waals surface area contributed by atoms with Crippen LogP contribution in [0.25, 0.3) is 11.3 Å². The summed E-state index contributed by atoms with van der Waals surface area (Å²) < 4.78 is 16.6. The summed E-state index contributed by atoms with van der Waals surface area (Å²) in [7, 11) is 0. The summed E-state index contributed by atoms with van der Waals surface area (Å²) in [6, 6.07) is 5.76. The molecular weight excluding hydrogens is 310 g/mol. The maximum Gasteiger partial charge on any atom is 0.181 e. The third-order valence-electron chi connectivity index (χ3n) is 2.57. The van der Waals surface area contributed by atoms with Crippen molar-refractivity contribution in [3.8, 4) is 22.8 Å². The third-order valence-corrected chi connectivity index (χ3v) is 3.10. The van der Waals surface area contributed by atoms with Crippen LogP contribution in [0.1, 0.15) is 19.5 Å². The van der Waals surface area contributed by atoms with Crippen molar-refractivity contribution < 1.29 is 13.9 Å². The molecule has 0 aliphatic rings. The van der Waals surface area contributed by atoms with Gasteiger partial charge in [-0.05, 0) is 32.0 Å². The van der Waals surface area contributed by atoms with Crippen molar-refractivity contribution in [2.45, 2.75) is 19.2 Å². The molecule has 19 heavy (non-hydrogen) atoms. The zero-order chi connectivity index (χ0) is 13.7. The number of oxazole rings is 1. The van der Waals surface area contributed by atoms with Crippen molar-refractivity contribution in [3.05, 3.63) is 30.3 Å². The van der Waals surface area contributed by atoms with Crippen molar-refractivity contribution in [2.75, 3.05) is 13.2 Å². The van der Waals surface area contributed by atoms with Gasteiger partial charge in [-0.15, -0.1) is 0 Å². The Morgan fingerprint density at radius 1 is 1.16 bits per heavy atom. The average molecular weight is 326 g/mol. The minimum atomic E-state index is 0.589. The molecule has 0 spiro atoms. The molecule has 0 N–H and O–H groups in total. The summed E-state index contributed by atoms with van der Waals surface area (Å²) in [4.78, 5) is 4.16. The number of ether oxygens (including phenoxy) is 2. The molecule has 1 aromatic heterocycles. The van der Waals surface area contributed by atoms with Crippen LogP contribution in [-0.2, 0) is 5.33 Å². The maximum absolute atomic E-state index is 5.60. The second-order valence-corrected chi connectivity index (χ2v) is 4.35. The molecular formula is C14H16BrNO3. The van der Waals surface area contributed by atoms with Gasteiger partial charge in [-0.25, -0.2) is 4.98 Å². The number of benzene rings is 1. The lowest BCUT2D eigenvalue weighted by Gasteiger charge is -2.11. The molecule has 5 heteroatoms. The average Bonchev–Trinajstić information content (AvgIpc) is 2.89. The maximum atomic E-state index is 5.60. The number of rotatable bonds is 6. The zero-order valence-electron chi connectivity index (χ0n) is 11.0. The van der Waals surface area contributed by atoms with E-state index in [1.54, 1.807) is 0 Å². The van der Waals surface area contributed by atoms with Gasteiger partial charge < -0.3 is 13.9 Å². The summed E-state index contributed by atoms with van der Waals surface area (Å²) in [5.41, 5.74) is 1.80. The predicted molar refractivity (Wildman–Crippen MR) is 76.9 cm³/mol. The molecule has 1 heterocycles. The highest BCUT2D eigenvalue weighted by Crippen LogP contribution is 2.34. The Hall–Kier alpha value is -1.49. The fraction of sp³-hybridized carbons (Fsp3) is 0.357. The molecule has 0 radical (unpaired) electrons. The second-order valence-electron chi connectivity index (χ2n) is 3.79. The molecule has 2 aromatic rings. The van der Waals surface area contributed by atoms with Gasteiger partial charge in [-0.3, -0.25) is 0 Å². The highest BCUT2D eigenvalue weighted by molar-refractivity contribution is 9.08. The lowest BCUT2D eigenvalue weighted by Crippen LogP contribution is -1.98. The van der Waals surface area contributed by atoms with Crippen molar-refractivity contribution >= 4 is 15.9 Å². The van der Waals surface area contributed by atoms with Gasteiger partial charge in [0.2, 0.25) is 0 Å². The Labute approximate surface area is 120 Å². The molecule has 0 aliphatic heterocycles. The van der Waals surface area contributed by atoms with Crippen LogP contribution in [0.3, 0.4) is 0 Å². The van der Waals surface area contributed by atoms with Gasteiger partial charge >= 0.3 is 0 Å². The third kappa shape index (κ3) is 3.10. The van der Waals surface area contributed by atoms with E-state index in [4.69, 9.17) is 13.9 Å². The first-order valence-electron chi connectivity index (χ1n) is 6.18. The Morgan fingerprint density at radius 2 is 1.89 bits per heavy atom. The van der Waals surface area contributed by atoms with E-state index in [2.05, 4.69) is 20.9 Å². The molecule has 0 aliphatic carbocycles. The number of alkyl halides is 1. The van der Waals surface area contributed by atoms with E-state index < -0.39 is 0 Å². The van der Waals surface area contributed by atoms with Crippen molar-refractivity contribution in [3.63, 3.8) is 0 Å². The molecule has 4 nitrogen and oxygen atoms in total. The van der Waals surface area contributed by atoms with E-state index in [-0.39, 0.29) is 0 Å². The van der Waals surface area contributed by atoms with E-state index in [9.17, 15) is 0 Å². The molecule has 0 atom stereocenters. The first kappa shape index (κ1) is 13.9. The molecule has 2 rings (SSSR count). The fourth-order valence-corrected chi connectivity index (χ4v) is 2.19. The van der Waals surface area contributed by atoms with Gasteiger partial charge in [-0.1, -0.05) is 15.9 Å². The standard InChI is InChI=1S/C14H16BrNO3/c1-3-17-12-6-5-10(7-13(12)18-4-2)14-11(8-15)16-9-19-14/h5-7,9H,3-4,8H2,1-2H3. The molecule has 1 aromatic carbocycles. The zero-order valence-corrected chi connectivity index (χ0v) is 12.6. The van der Waals surface area contributed by atoms with Gasteiger partial charge in [0.1, 0.15) is 0 Å². The monoisotopic (exact) mass is 325 g/mol. The van der Waals surface area contributed by atoms with E-state index in [0.29, 0.717) is 18.5 Å². The quantitative estimate of drug-likeness (QED) is 0.752. The second kappa shape index (κ2) is 6.61. The van der Waals surface area contributed by atoms with Crippen molar-refractivity contribution in [2.24, 2.45) is 0 Å². The van der Waals surface area contributed by atoms with Crippen LogP contribution in [0.5, 0.6) is 11.5 Å². The van der Waals surface area contributed by atoms with E-state index in [1.165, 1.54) is 6.39 Å². The minimum Gasteiger partial charge on any atom is -0.490 e. The van der Waals surface area contributed by atoms with E-state index >= 15 is 0 Å². The van der Waals surface area contributed by atoms with Crippen molar-refractivity contribution in [1.29, 1.82) is 0 Å². The topological polar surface area (TPSA) is 44.5 Å². The molecule has 0 unspecified atom stereocenters. The van der Waals surface area contributed by atoms with Gasteiger partial charge in [0.25, 0.3) is 0 Å². The van der Waals surface area contributed by atoms with E-state index in [1.807, 2.05) is 32.0 Å². The van der Waals surface area contributed by atoms with Crippen LogP contribution in [0.15, 0.2) is 29.0 Å². The number of hydrogen-bond acceptors (Lipinski definition) is 4. The molecule has 0 saturated heterocycles. The fourth-order valence-electron chi connectivity index (χ4n) is 1.79. The predicted octanol–water partition coefficient (Wildman–Crippen LogP) is 4.03. The van der Waals surface area contributed by atoms with Gasteiger partial charge in [0.05, 0.1) is 18.9 Å². The smallest absolute Gasteiger partial charge is 0.181 e. The first-order chi connectivity index (χ1) is 9.30. The van der Waals surface area contributed by atoms with Crippen LogP contribution in [0, 0.1) is 0 Å². The number of nitrogens with zero attached hydrogens (tertiary/aromatic N) is 1. The summed E-state index contributed by atoms with van der Waals surface area (Å²) in [5.74, 6) is 2.22. The van der Waals surface area contributed by atoms with Gasteiger partial charge in [0, 0.05) is 10.9 Å². The van der Waals surface area contributed by atoms with Crippen LogP contribution >= 0.6 is 15.9 Å². The number of aromatic nitrogens is 1. The Balaban J connectivity index is 2.39. The highest BCUT2D eigenvalue weighted by atomic mass is 79.9. The molecule has 0 saturated carbocycles. The summed E-state index contributed by atoms with van der Waals surface area (Å²) >= 11 is 3.39. The normalized spacial score (nSPS) is 10.5. The highest BCUT2D eigenvalue weighted by Gasteiger charge is 2.13. The molecule has 102 valence electrons. The van der Waals surface area contributed by atoms with Gasteiger partial charge in [-0.2, -0.15) is 0 Å². The Kier molecular flexibility index (Phi) is 4.85. The number of halogens is 1. The van der Waals surface area contributed by atoms with Crippen LogP contribution in [-0.4, -0.2) is 18.2 Å². The van der Waals surface area contributed by atoms with Crippen LogP contribution < -0.4 is 9.47 Å². The van der Waals surface area contributed by atoms with Crippen LogP contribution in [0.4, 0.5) is 0 Å². The largest absolute Gasteiger partial charge is 0.490 e. The lowest BCUT2D eigenvalue weighted by molar-refractivity contribution is 0.288.